The lowest BCUT2D eigenvalue weighted by molar-refractivity contribution is -0.134. The summed E-state index contributed by atoms with van der Waals surface area (Å²) in [6, 6.07) is 1.97. The first-order chi connectivity index (χ1) is 12.0. The number of carbonyl (C=O) groups is 1. The van der Waals surface area contributed by atoms with Crippen molar-refractivity contribution in [3.05, 3.63) is 32.7 Å². The molecule has 2 fully saturated rings. The van der Waals surface area contributed by atoms with E-state index in [2.05, 4.69) is 4.98 Å². The Hall–Kier alpha value is -2.09. The zero-order chi connectivity index (χ0) is 18.0. The van der Waals surface area contributed by atoms with E-state index in [1.54, 1.807) is 6.92 Å². The van der Waals surface area contributed by atoms with Crippen molar-refractivity contribution in [2.75, 3.05) is 13.1 Å². The lowest BCUT2D eigenvalue weighted by Gasteiger charge is -2.41. The van der Waals surface area contributed by atoms with Crippen molar-refractivity contribution in [2.24, 2.45) is 11.8 Å². The number of nitrogens with zero attached hydrogens (tertiary/aromatic N) is 2. The average molecular weight is 341 g/mol. The molecule has 0 spiro atoms. The molecule has 2 heterocycles. The summed E-state index contributed by atoms with van der Waals surface area (Å²) in [4.78, 5) is 29.3. The quantitative estimate of drug-likeness (QED) is 0.918. The van der Waals surface area contributed by atoms with Gasteiger partial charge in [0.25, 0.3) is 5.56 Å². The molecular formula is C20H27N3O2. The first-order valence-corrected chi connectivity index (χ1v) is 9.41. The Morgan fingerprint density at radius 2 is 1.96 bits per heavy atom. The van der Waals surface area contributed by atoms with E-state index in [9.17, 15) is 9.59 Å². The van der Waals surface area contributed by atoms with Crippen molar-refractivity contribution in [1.29, 1.82) is 5.26 Å². The highest BCUT2D eigenvalue weighted by Gasteiger charge is 2.32. The number of hydrogen-bond acceptors (Lipinski definition) is 3. The van der Waals surface area contributed by atoms with Crippen LogP contribution in [0.4, 0.5) is 0 Å². The van der Waals surface area contributed by atoms with Crippen molar-refractivity contribution < 1.29 is 4.79 Å². The number of piperidine rings is 1. The molecule has 0 bridgehead atoms. The minimum atomic E-state index is -0.341. The molecule has 1 saturated carbocycles. The Balaban J connectivity index is 1.65. The number of likely N-dealkylation sites (tertiary alicyclic amines) is 1. The molecule has 1 aliphatic heterocycles. The van der Waals surface area contributed by atoms with Gasteiger partial charge in [0.2, 0.25) is 5.91 Å². The van der Waals surface area contributed by atoms with Gasteiger partial charge in [0.1, 0.15) is 11.6 Å². The minimum Gasteiger partial charge on any atom is -0.342 e. The summed E-state index contributed by atoms with van der Waals surface area (Å²) in [6.45, 7) is 5.43. The highest BCUT2D eigenvalue weighted by Crippen LogP contribution is 2.36. The van der Waals surface area contributed by atoms with Gasteiger partial charge in [-0.25, -0.2) is 0 Å². The fourth-order valence-electron chi connectivity index (χ4n) is 4.64. The number of aromatic nitrogens is 1. The summed E-state index contributed by atoms with van der Waals surface area (Å²) in [5.74, 6) is 1.71. The van der Waals surface area contributed by atoms with Gasteiger partial charge in [0.05, 0.1) is 0 Å². The highest BCUT2D eigenvalue weighted by molar-refractivity contribution is 5.76. The molecule has 5 nitrogen and oxygen atoms in total. The van der Waals surface area contributed by atoms with Crippen LogP contribution in [0.5, 0.6) is 0 Å². The summed E-state index contributed by atoms with van der Waals surface area (Å²) in [6.07, 6.45) is 7.41. The van der Waals surface area contributed by atoms with Crippen molar-refractivity contribution >= 4 is 5.91 Å². The molecule has 1 aromatic rings. The van der Waals surface area contributed by atoms with Gasteiger partial charge in [-0.1, -0.05) is 19.3 Å². The van der Waals surface area contributed by atoms with E-state index in [0.29, 0.717) is 24.3 Å². The molecule has 0 radical (unpaired) electrons. The van der Waals surface area contributed by atoms with E-state index in [-0.39, 0.29) is 17.0 Å². The second-order valence-electron chi connectivity index (χ2n) is 7.60. The Morgan fingerprint density at radius 1 is 1.24 bits per heavy atom. The van der Waals surface area contributed by atoms with Gasteiger partial charge in [0.15, 0.2) is 0 Å². The highest BCUT2D eigenvalue weighted by atomic mass is 16.2. The molecule has 134 valence electrons. The fourth-order valence-corrected chi connectivity index (χ4v) is 4.64. The monoisotopic (exact) mass is 341 g/mol. The molecule has 0 aromatic carbocycles. The van der Waals surface area contributed by atoms with Crippen LogP contribution in [0.15, 0.2) is 4.79 Å². The maximum atomic E-state index is 12.7. The smallest absolute Gasteiger partial charge is 0.266 e. The largest absolute Gasteiger partial charge is 0.342 e. The van der Waals surface area contributed by atoms with E-state index < -0.39 is 0 Å². The SMILES string of the molecule is Cc1[nH]c(=O)c(C#N)c(C)c1CCC(=O)N1CCC2CCCCC2C1. The van der Waals surface area contributed by atoms with Gasteiger partial charge in [-0.15, -0.1) is 0 Å². The van der Waals surface area contributed by atoms with E-state index >= 15 is 0 Å². The number of pyridine rings is 1. The number of amides is 1. The lowest BCUT2D eigenvalue weighted by Crippen LogP contribution is -2.44. The van der Waals surface area contributed by atoms with Crippen LogP contribution in [0.3, 0.4) is 0 Å². The average Bonchev–Trinajstić information content (AvgIpc) is 2.61. The van der Waals surface area contributed by atoms with Gasteiger partial charge < -0.3 is 9.88 Å². The summed E-state index contributed by atoms with van der Waals surface area (Å²) in [7, 11) is 0. The van der Waals surface area contributed by atoms with Crippen LogP contribution in [0.1, 0.15) is 60.9 Å². The minimum absolute atomic E-state index is 0.163. The Bertz CT molecular complexity index is 759. The number of aryl methyl sites for hydroxylation is 1. The van der Waals surface area contributed by atoms with Crippen LogP contribution in [-0.2, 0) is 11.2 Å². The predicted octanol–water partition coefficient (Wildman–Crippen LogP) is 2.83. The third-order valence-electron chi connectivity index (χ3n) is 6.15. The molecule has 25 heavy (non-hydrogen) atoms. The number of H-pyrrole nitrogens is 1. The molecule has 1 N–H and O–H groups in total. The number of rotatable bonds is 3. The molecule has 1 aliphatic carbocycles. The van der Waals surface area contributed by atoms with E-state index in [1.807, 2.05) is 17.9 Å². The van der Waals surface area contributed by atoms with E-state index in [4.69, 9.17) is 5.26 Å². The third kappa shape index (κ3) is 3.63. The number of fused-ring (bicyclic) bond motifs is 1. The zero-order valence-electron chi connectivity index (χ0n) is 15.2. The van der Waals surface area contributed by atoms with Crippen LogP contribution >= 0.6 is 0 Å². The van der Waals surface area contributed by atoms with Crippen LogP contribution in [-0.4, -0.2) is 28.9 Å². The topological polar surface area (TPSA) is 77.0 Å². The summed E-state index contributed by atoms with van der Waals surface area (Å²) < 4.78 is 0. The molecule has 3 rings (SSSR count). The normalized spacial score (nSPS) is 23.0. The van der Waals surface area contributed by atoms with Crippen LogP contribution in [0.25, 0.3) is 0 Å². The number of hydrogen-bond donors (Lipinski definition) is 1. The van der Waals surface area contributed by atoms with Gasteiger partial charge in [-0.3, -0.25) is 9.59 Å². The van der Waals surface area contributed by atoms with E-state index in [1.165, 1.54) is 25.7 Å². The van der Waals surface area contributed by atoms with Crippen molar-refractivity contribution in [3.8, 4) is 6.07 Å². The fraction of sp³-hybridized carbons (Fsp3) is 0.650. The van der Waals surface area contributed by atoms with E-state index in [0.717, 1.165) is 36.7 Å². The number of nitriles is 1. The summed E-state index contributed by atoms with van der Waals surface area (Å²) >= 11 is 0. The molecule has 2 unspecified atom stereocenters. The number of carbonyl (C=O) groups excluding carboxylic acids is 1. The van der Waals surface area contributed by atoms with Gasteiger partial charge in [-0.05, 0) is 56.1 Å². The molecule has 2 atom stereocenters. The first-order valence-electron chi connectivity index (χ1n) is 9.41. The molecule has 1 saturated heterocycles. The summed E-state index contributed by atoms with van der Waals surface area (Å²) in [5.41, 5.74) is 2.22. The van der Waals surface area contributed by atoms with Crippen molar-refractivity contribution in [3.63, 3.8) is 0 Å². The number of aromatic amines is 1. The zero-order valence-corrected chi connectivity index (χ0v) is 15.2. The Labute approximate surface area is 149 Å². The van der Waals surface area contributed by atoms with Crippen molar-refractivity contribution in [1.82, 2.24) is 9.88 Å². The molecule has 2 aliphatic rings. The van der Waals surface area contributed by atoms with Crippen LogP contribution < -0.4 is 5.56 Å². The Kier molecular flexibility index (Phi) is 5.27. The number of nitrogens with one attached hydrogen (secondary N) is 1. The third-order valence-corrected chi connectivity index (χ3v) is 6.15. The molecule has 1 aromatic heterocycles. The molecular weight excluding hydrogens is 314 g/mol. The first kappa shape index (κ1) is 17.7. The van der Waals surface area contributed by atoms with Gasteiger partial charge in [-0.2, -0.15) is 5.26 Å². The van der Waals surface area contributed by atoms with Crippen molar-refractivity contribution in [2.45, 2.75) is 58.8 Å². The van der Waals surface area contributed by atoms with Crippen LogP contribution in [0.2, 0.25) is 0 Å². The lowest BCUT2D eigenvalue weighted by atomic mass is 9.75. The maximum Gasteiger partial charge on any atom is 0.266 e. The predicted molar refractivity (Wildman–Crippen MR) is 96.2 cm³/mol. The second-order valence-corrected chi connectivity index (χ2v) is 7.60. The molecule has 1 amide bonds. The van der Waals surface area contributed by atoms with Gasteiger partial charge >= 0.3 is 0 Å². The van der Waals surface area contributed by atoms with Gasteiger partial charge in [0, 0.05) is 25.2 Å². The second kappa shape index (κ2) is 7.43. The standard InChI is InChI=1S/C20H27N3O2/c1-13-17(14(2)22-20(25)18(13)11-21)7-8-19(24)23-10-9-15-5-3-4-6-16(15)12-23/h15-16H,3-10,12H2,1-2H3,(H,22,25). The van der Waals surface area contributed by atoms with Crippen LogP contribution in [0, 0.1) is 37.0 Å². The molecule has 5 heteroatoms. The Morgan fingerprint density at radius 3 is 2.68 bits per heavy atom. The maximum absolute atomic E-state index is 12.7. The summed E-state index contributed by atoms with van der Waals surface area (Å²) in [5, 5.41) is 9.16.